The van der Waals surface area contributed by atoms with Crippen LogP contribution in [0.15, 0.2) is 27.4 Å². The molecule has 1 fully saturated rings. The Morgan fingerprint density at radius 1 is 1.50 bits per heavy atom. The van der Waals surface area contributed by atoms with Crippen LogP contribution in [0.25, 0.3) is 11.1 Å². The molecule has 1 atom stereocenters. The van der Waals surface area contributed by atoms with Crippen molar-refractivity contribution in [2.24, 2.45) is 12.8 Å². The van der Waals surface area contributed by atoms with Crippen molar-refractivity contribution in [3.8, 4) is 0 Å². The molecule has 0 bridgehead atoms. The van der Waals surface area contributed by atoms with Gasteiger partial charge in [-0.05, 0) is 43.4 Å². The van der Waals surface area contributed by atoms with Crippen LogP contribution in [0.5, 0.6) is 0 Å². The third-order valence-electron chi connectivity index (χ3n) is 4.53. The van der Waals surface area contributed by atoms with E-state index < -0.39 is 0 Å². The van der Waals surface area contributed by atoms with Gasteiger partial charge >= 0.3 is 5.76 Å². The van der Waals surface area contributed by atoms with E-state index in [4.69, 9.17) is 14.9 Å². The van der Waals surface area contributed by atoms with Crippen LogP contribution in [0.1, 0.15) is 37.3 Å². The molecule has 0 spiro atoms. The van der Waals surface area contributed by atoms with Gasteiger partial charge in [0.2, 0.25) is 0 Å². The van der Waals surface area contributed by atoms with Crippen LogP contribution in [0.4, 0.5) is 0 Å². The first-order chi connectivity index (χ1) is 9.54. The van der Waals surface area contributed by atoms with Gasteiger partial charge in [-0.3, -0.25) is 4.57 Å². The predicted molar refractivity (Wildman–Crippen MR) is 76.6 cm³/mol. The van der Waals surface area contributed by atoms with Crippen LogP contribution in [-0.2, 0) is 11.8 Å². The van der Waals surface area contributed by atoms with Crippen molar-refractivity contribution >= 4 is 11.1 Å². The zero-order valence-corrected chi connectivity index (χ0v) is 11.9. The molecule has 0 amide bonds. The summed E-state index contributed by atoms with van der Waals surface area (Å²) in [6, 6.07) is 5.61. The molecule has 2 aromatic rings. The van der Waals surface area contributed by atoms with Crippen LogP contribution in [-0.4, -0.2) is 17.3 Å². The molecule has 1 aliphatic carbocycles. The van der Waals surface area contributed by atoms with Crippen molar-refractivity contribution in [2.75, 3.05) is 7.11 Å². The largest absolute Gasteiger partial charge is 0.419 e. The standard InChI is InChI=1S/C15H20N2O3/c1-17-12-5-4-10(8-13(12)20-14(17)18)11(16)9-15(19-2)6-3-7-15/h4-5,8,11H,3,6-7,9,16H2,1-2H3. The molecule has 0 aliphatic heterocycles. The lowest BCUT2D eigenvalue weighted by atomic mass is 9.75. The Balaban J connectivity index is 1.88. The second-order valence-electron chi connectivity index (χ2n) is 5.71. The molecule has 1 unspecified atom stereocenters. The number of nitrogens with two attached hydrogens (primary N) is 1. The molecule has 0 saturated heterocycles. The first-order valence-electron chi connectivity index (χ1n) is 6.95. The smallest absolute Gasteiger partial charge is 0.408 e. The Kier molecular flexibility index (Phi) is 3.18. The molecule has 1 aromatic heterocycles. The minimum atomic E-state index is -0.349. The van der Waals surface area contributed by atoms with E-state index in [0.29, 0.717) is 5.58 Å². The predicted octanol–water partition coefficient (Wildman–Crippen LogP) is 2.09. The Morgan fingerprint density at radius 3 is 2.85 bits per heavy atom. The fraction of sp³-hybridized carbons (Fsp3) is 0.533. The van der Waals surface area contributed by atoms with Gasteiger partial charge in [0.1, 0.15) is 0 Å². The quantitative estimate of drug-likeness (QED) is 0.928. The molecular formula is C15H20N2O3. The summed E-state index contributed by atoms with van der Waals surface area (Å²) in [4.78, 5) is 11.5. The average molecular weight is 276 g/mol. The van der Waals surface area contributed by atoms with Crippen LogP contribution in [0, 0.1) is 0 Å². The van der Waals surface area contributed by atoms with E-state index in [-0.39, 0.29) is 17.4 Å². The van der Waals surface area contributed by atoms with Crippen molar-refractivity contribution in [2.45, 2.75) is 37.3 Å². The third kappa shape index (κ3) is 2.07. The van der Waals surface area contributed by atoms with E-state index in [1.807, 2.05) is 18.2 Å². The summed E-state index contributed by atoms with van der Waals surface area (Å²) in [5, 5.41) is 0. The number of methoxy groups -OCH3 is 1. The molecule has 1 saturated carbocycles. The molecule has 1 aliphatic rings. The average Bonchev–Trinajstić information content (AvgIpc) is 2.69. The minimum Gasteiger partial charge on any atom is -0.408 e. The molecule has 108 valence electrons. The summed E-state index contributed by atoms with van der Waals surface area (Å²) in [5.41, 5.74) is 8.59. The van der Waals surface area contributed by atoms with E-state index in [1.165, 1.54) is 11.0 Å². The van der Waals surface area contributed by atoms with Gasteiger partial charge in [-0.15, -0.1) is 0 Å². The zero-order chi connectivity index (χ0) is 14.3. The van der Waals surface area contributed by atoms with Gasteiger partial charge in [-0.1, -0.05) is 6.07 Å². The first-order valence-corrected chi connectivity index (χ1v) is 6.95. The lowest BCUT2D eigenvalue weighted by Gasteiger charge is -2.42. The molecule has 5 nitrogen and oxygen atoms in total. The van der Waals surface area contributed by atoms with Crippen molar-refractivity contribution < 1.29 is 9.15 Å². The van der Waals surface area contributed by atoms with Gasteiger partial charge in [-0.25, -0.2) is 4.79 Å². The lowest BCUT2D eigenvalue weighted by molar-refractivity contribution is -0.0816. The van der Waals surface area contributed by atoms with Crippen molar-refractivity contribution in [3.63, 3.8) is 0 Å². The highest BCUT2D eigenvalue weighted by molar-refractivity contribution is 5.73. The van der Waals surface area contributed by atoms with Gasteiger partial charge < -0.3 is 14.9 Å². The summed E-state index contributed by atoms with van der Waals surface area (Å²) >= 11 is 0. The maximum atomic E-state index is 11.5. The number of aryl methyl sites for hydroxylation is 1. The highest BCUT2D eigenvalue weighted by atomic mass is 16.5. The van der Waals surface area contributed by atoms with Gasteiger partial charge in [-0.2, -0.15) is 0 Å². The maximum Gasteiger partial charge on any atom is 0.419 e. The second kappa shape index (κ2) is 4.75. The van der Waals surface area contributed by atoms with Crippen LogP contribution in [0.2, 0.25) is 0 Å². The van der Waals surface area contributed by atoms with Gasteiger partial charge in [0.05, 0.1) is 11.1 Å². The Morgan fingerprint density at radius 2 is 2.25 bits per heavy atom. The minimum absolute atomic E-state index is 0.0636. The number of ether oxygens (including phenoxy) is 1. The van der Waals surface area contributed by atoms with Crippen molar-refractivity contribution in [3.05, 3.63) is 34.3 Å². The number of nitrogens with zero attached hydrogens (tertiary/aromatic N) is 1. The fourth-order valence-corrected chi connectivity index (χ4v) is 2.96. The lowest BCUT2D eigenvalue weighted by Crippen LogP contribution is -2.41. The summed E-state index contributed by atoms with van der Waals surface area (Å²) in [6.45, 7) is 0. The molecule has 20 heavy (non-hydrogen) atoms. The SMILES string of the molecule is COC1(CC(N)c2ccc3c(c2)oc(=O)n3C)CCC1. The van der Waals surface area contributed by atoms with E-state index >= 15 is 0 Å². The molecule has 3 rings (SSSR count). The summed E-state index contributed by atoms with van der Waals surface area (Å²) < 4.78 is 12.3. The number of hydrogen-bond donors (Lipinski definition) is 1. The first kappa shape index (κ1) is 13.4. The van der Waals surface area contributed by atoms with E-state index in [2.05, 4.69) is 0 Å². The Hall–Kier alpha value is -1.59. The third-order valence-corrected chi connectivity index (χ3v) is 4.53. The number of oxazole rings is 1. The van der Waals surface area contributed by atoms with E-state index in [1.54, 1.807) is 14.2 Å². The van der Waals surface area contributed by atoms with Crippen molar-refractivity contribution in [1.82, 2.24) is 4.57 Å². The molecule has 0 radical (unpaired) electrons. The Labute approximate surface area is 117 Å². The van der Waals surface area contributed by atoms with Crippen LogP contribution >= 0.6 is 0 Å². The Bertz CT molecular complexity index is 676. The van der Waals surface area contributed by atoms with Gasteiger partial charge in [0.25, 0.3) is 0 Å². The van der Waals surface area contributed by atoms with E-state index in [9.17, 15) is 4.79 Å². The number of rotatable bonds is 4. The van der Waals surface area contributed by atoms with Crippen LogP contribution < -0.4 is 11.5 Å². The highest BCUT2D eigenvalue weighted by Crippen LogP contribution is 2.41. The summed E-state index contributed by atoms with van der Waals surface area (Å²) in [7, 11) is 3.45. The highest BCUT2D eigenvalue weighted by Gasteiger charge is 2.38. The molecule has 1 aromatic carbocycles. The maximum absolute atomic E-state index is 11.5. The zero-order valence-electron chi connectivity index (χ0n) is 11.9. The number of fused-ring (bicyclic) bond motifs is 1. The van der Waals surface area contributed by atoms with Gasteiger partial charge in [0.15, 0.2) is 5.58 Å². The van der Waals surface area contributed by atoms with Gasteiger partial charge in [0, 0.05) is 20.2 Å². The molecular weight excluding hydrogens is 256 g/mol. The number of benzene rings is 1. The monoisotopic (exact) mass is 276 g/mol. The summed E-state index contributed by atoms with van der Waals surface area (Å²) in [6.07, 6.45) is 4.14. The second-order valence-corrected chi connectivity index (χ2v) is 5.71. The van der Waals surface area contributed by atoms with E-state index in [0.717, 1.165) is 30.3 Å². The molecule has 2 N–H and O–H groups in total. The normalized spacial score (nSPS) is 18.9. The van der Waals surface area contributed by atoms with Crippen LogP contribution in [0.3, 0.4) is 0 Å². The molecule has 1 heterocycles. The number of aromatic nitrogens is 1. The fourth-order valence-electron chi connectivity index (χ4n) is 2.96. The topological polar surface area (TPSA) is 70.4 Å². The van der Waals surface area contributed by atoms with Crippen molar-refractivity contribution in [1.29, 1.82) is 0 Å². The molecule has 5 heteroatoms. The number of hydrogen-bond acceptors (Lipinski definition) is 4. The summed E-state index contributed by atoms with van der Waals surface area (Å²) in [5.74, 6) is -0.349.